The van der Waals surface area contributed by atoms with Gasteiger partial charge >= 0.3 is 0 Å². The number of amides is 1. The molecule has 112 valence electrons. The Balaban J connectivity index is 2.95. The third-order valence-corrected chi connectivity index (χ3v) is 3.92. The van der Waals surface area contributed by atoms with E-state index in [2.05, 4.69) is 17.9 Å². The van der Waals surface area contributed by atoms with Gasteiger partial charge in [-0.3, -0.25) is 4.79 Å². The van der Waals surface area contributed by atoms with Crippen molar-refractivity contribution in [2.75, 3.05) is 19.7 Å². The van der Waals surface area contributed by atoms with E-state index in [1.807, 2.05) is 26.8 Å². The van der Waals surface area contributed by atoms with Crippen molar-refractivity contribution >= 4 is 17.2 Å². The summed E-state index contributed by atoms with van der Waals surface area (Å²) in [6.07, 6.45) is 0.333. The number of carbonyl (C=O) groups is 1. The fourth-order valence-corrected chi connectivity index (χ4v) is 2.90. The number of aliphatic hydroxyl groups excluding tert-OH is 1. The van der Waals surface area contributed by atoms with Crippen LogP contribution >= 0.6 is 11.3 Å². The molecule has 0 spiro atoms. The predicted molar refractivity (Wildman–Crippen MR) is 84.0 cm³/mol. The van der Waals surface area contributed by atoms with Crippen LogP contribution < -0.4 is 0 Å². The van der Waals surface area contributed by atoms with Gasteiger partial charge in [0.15, 0.2) is 0 Å². The number of aryl methyl sites for hydroxylation is 1. The summed E-state index contributed by atoms with van der Waals surface area (Å²) in [5, 5.41) is 17.5. The molecule has 0 aliphatic rings. The molecule has 0 aliphatic heterocycles. The molecule has 1 N–H and O–H groups in total. The van der Waals surface area contributed by atoms with Crippen LogP contribution in [-0.4, -0.2) is 35.6 Å². The molecule has 0 saturated carbocycles. The van der Waals surface area contributed by atoms with Crippen molar-refractivity contribution in [2.45, 2.75) is 27.2 Å². The number of thiophene rings is 1. The second-order valence-electron chi connectivity index (χ2n) is 5.14. The van der Waals surface area contributed by atoms with Crippen molar-refractivity contribution in [3.63, 3.8) is 0 Å². The van der Waals surface area contributed by atoms with Crippen LogP contribution in [0.1, 0.15) is 40.4 Å². The molecular weight excluding hydrogens is 284 g/mol. The lowest BCUT2D eigenvalue weighted by Crippen LogP contribution is -2.34. The summed E-state index contributed by atoms with van der Waals surface area (Å²) in [6, 6.07) is 3.91. The highest BCUT2D eigenvalue weighted by Gasteiger charge is 2.19. The zero-order chi connectivity index (χ0) is 15.8. The van der Waals surface area contributed by atoms with E-state index in [1.54, 1.807) is 4.90 Å². The third-order valence-electron chi connectivity index (χ3n) is 2.78. The van der Waals surface area contributed by atoms with Crippen molar-refractivity contribution in [1.29, 1.82) is 5.26 Å². The van der Waals surface area contributed by atoms with Crippen molar-refractivity contribution in [3.8, 4) is 17.9 Å². The Morgan fingerprint density at radius 3 is 2.81 bits per heavy atom. The second-order valence-corrected chi connectivity index (χ2v) is 6.19. The normalized spacial score (nSPS) is 9.90. The zero-order valence-electron chi connectivity index (χ0n) is 12.6. The van der Waals surface area contributed by atoms with Gasteiger partial charge in [0, 0.05) is 13.1 Å². The summed E-state index contributed by atoms with van der Waals surface area (Å²) in [4.78, 5) is 15.7. The van der Waals surface area contributed by atoms with E-state index in [-0.39, 0.29) is 12.5 Å². The van der Waals surface area contributed by atoms with Crippen LogP contribution in [0, 0.1) is 36.0 Å². The molecule has 0 bridgehead atoms. The summed E-state index contributed by atoms with van der Waals surface area (Å²) in [5.74, 6) is 5.76. The van der Waals surface area contributed by atoms with Crippen molar-refractivity contribution in [3.05, 3.63) is 21.4 Å². The van der Waals surface area contributed by atoms with Gasteiger partial charge in [-0.1, -0.05) is 25.7 Å². The van der Waals surface area contributed by atoms with Gasteiger partial charge in [-0.15, -0.1) is 11.3 Å². The molecule has 0 radical (unpaired) electrons. The molecule has 0 aromatic carbocycles. The lowest BCUT2D eigenvalue weighted by atomic mass is 10.2. The first-order chi connectivity index (χ1) is 9.99. The number of nitrogens with zero attached hydrogens (tertiary/aromatic N) is 2. The van der Waals surface area contributed by atoms with Crippen LogP contribution in [0.4, 0.5) is 0 Å². The maximum absolute atomic E-state index is 12.6. The minimum Gasteiger partial charge on any atom is -0.384 e. The van der Waals surface area contributed by atoms with Gasteiger partial charge in [-0.2, -0.15) is 5.26 Å². The average Bonchev–Trinajstić information content (AvgIpc) is 2.81. The maximum Gasteiger partial charge on any atom is 0.264 e. The van der Waals surface area contributed by atoms with Crippen molar-refractivity contribution < 1.29 is 9.90 Å². The van der Waals surface area contributed by atoms with Gasteiger partial charge in [0.2, 0.25) is 0 Å². The number of nitriles is 1. The topological polar surface area (TPSA) is 64.3 Å². The molecule has 0 fully saturated rings. The van der Waals surface area contributed by atoms with E-state index in [9.17, 15) is 4.79 Å². The molecule has 1 aromatic heterocycles. The van der Waals surface area contributed by atoms with Crippen LogP contribution in [0.2, 0.25) is 0 Å². The first kappa shape index (κ1) is 17.2. The average molecular weight is 304 g/mol. The molecule has 21 heavy (non-hydrogen) atoms. The van der Waals surface area contributed by atoms with Gasteiger partial charge in [0.25, 0.3) is 5.91 Å². The zero-order valence-corrected chi connectivity index (χ0v) is 13.5. The summed E-state index contributed by atoms with van der Waals surface area (Å²) in [5.41, 5.74) is 0.939. The van der Waals surface area contributed by atoms with Gasteiger partial charge in [0.1, 0.15) is 6.61 Å². The quantitative estimate of drug-likeness (QED) is 0.850. The highest BCUT2D eigenvalue weighted by Crippen LogP contribution is 2.23. The number of aliphatic hydroxyl groups is 1. The van der Waals surface area contributed by atoms with Crippen LogP contribution in [0.15, 0.2) is 6.07 Å². The number of hydrogen-bond acceptors (Lipinski definition) is 4. The first-order valence-electron chi connectivity index (χ1n) is 6.86. The van der Waals surface area contributed by atoms with Crippen LogP contribution in [0.5, 0.6) is 0 Å². The summed E-state index contributed by atoms with van der Waals surface area (Å²) >= 11 is 1.34. The molecule has 1 amide bonds. The minimum atomic E-state index is -0.192. The Hall–Kier alpha value is -1.82. The molecular formula is C16H20N2O2S. The third kappa shape index (κ3) is 5.23. The Kier molecular flexibility index (Phi) is 6.94. The van der Waals surface area contributed by atoms with Crippen LogP contribution in [-0.2, 0) is 0 Å². The Labute approximate surface area is 130 Å². The highest BCUT2D eigenvalue weighted by molar-refractivity contribution is 7.14. The molecule has 0 unspecified atom stereocenters. The monoisotopic (exact) mass is 304 g/mol. The summed E-state index contributed by atoms with van der Waals surface area (Å²) in [6.45, 7) is 6.88. The predicted octanol–water partition coefficient (Wildman–Crippen LogP) is 2.41. The number of carbonyl (C=O) groups excluding carboxylic acids is 1. The fraction of sp³-hybridized carbons (Fsp3) is 0.500. The lowest BCUT2D eigenvalue weighted by molar-refractivity contribution is 0.0745. The van der Waals surface area contributed by atoms with Crippen LogP contribution in [0.3, 0.4) is 0 Å². The number of rotatable bonds is 5. The Bertz CT molecular complexity index is 588. The fourth-order valence-electron chi connectivity index (χ4n) is 1.89. The molecule has 0 saturated heterocycles. The van der Waals surface area contributed by atoms with E-state index in [0.717, 1.165) is 10.4 Å². The summed E-state index contributed by atoms with van der Waals surface area (Å²) < 4.78 is 0. The largest absolute Gasteiger partial charge is 0.384 e. The SMILES string of the molecule is Cc1cc(C(=O)N(CCC#N)CC(C)C)sc1C#CCO. The Morgan fingerprint density at radius 2 is 2.24 bits per heavy atom. The van der Waals surface area contributed by atoms with Gasteiger partial charge in [-0.05, 0) is 24.5 Å². The molecule has 5 heteroatoms. The summed E-state index contributed by atoms with van der Waals surface area (Å²) in [7, 11) is 0. The maximum atomic E-state index is 12.6. The molecule has 1 heterocycles. The minimum absolute atomic E-state index is 0.0518. The first-order valence-corrected chi connectivity index (χ1v) is 7.67. The molecule has 0 atom stereocenters. The lowest BCUT2D eigenvalue weighted by Gasteiger charge is -2.22. The highest BCUT2D eigenvalue weighted by atomic mass is 32.1. The van der Waals surface area contributed by atoms with Crippen LogP contribution in [0.25, 0.3) is 0 Å². The van der Waals surface area contributed by atoms with E-state index in [0.29, 0.717) is 30.3 Å². The smallest absolute Gasteiger partial charge is 0.264 e. The van der Waals surface area contributed by atoms with Crippen molar-refractivity contribution in [2.24, 2.45) is 5.92 Å². The molecule has 4 nitrogen and oxygen atoms in total. The van der Waals surface area contributed by atoms with Gasteiger partial charge < -0.3 is 10.0 Å². The van der Waals surface area contributed by atoms with E-state index in [4.69, 9.17) is 10.4 Å². The molecule has 0 aliphatic carbocycles. The van der Waals surface area contributed by atoms with E-state index in [1.165, 1.54) is 11.3 Å². The van der Waals surface area contributed by atoms with E-state index < -0.39 is 0 Å². The van der Waals surface area contributed by atoms with Gasteiger partial charge in [0.05, 0.1) is 22.2 Å². The standard InChI is InChI=1S/C16H20N2O2S/c1-12(2)11-18(8-5-7-17)16(20)15-10-13(3)14(21-15)6-4-9-19/h10,12,19H,5,8-9,11H2,1-3H3. The second kappa shape index (κ2) is 8.46. The van der Waals surface area contributed by atoms with Crippen molar-refractivity contribution in [1.82, 2.24) is 4.90 Å². The number of hydrogen-bond donors (Lipinski definition) is 1. The molecule has 1 aromatic rings. The van der Waals surface area contributed by atoms with Gasteiger partial charge in [-0.25, -0.2) is 0 Å². The molecule has 1 rings (SSSR count). The van der Waals surface area contributed by atoms with E-state index >= 15 is 0 Å². The Morgan fingerprint density at radius 1 is 1.52 bits per heavy atom.